The van der Waals surface area contributed by atoms with Crippen LogP contribution in [0.15, 0.2) is 6.20 Å². The predicted molar refractivity (Wildman–Crippen MR) is 74.9 cm³/mol. The number of H-pyrrole nitrogens is 1. The summed E-state index contributed by atoms with van der Waals surface area (Å²) in [7, 11) is 0. The Hall–Kier alpha value is -1.89. The van der Waals surface area contributed by atoms with Crippen LogP contribution in [0.1, 0.15) is 26.2 Å². The van der Waals surface area contributed by atoms with Crippen molar-refractivity contribution in [3.63, 3.8) is 0 Å². The fourth-order valence-corrected chi connectivity index (χ4v) is 2.27. The first-order chi connectivity index (χ1) is 9.86. The highest BCUT2D eigenvalue weighted by Crippen LogP contribution is 2.23. The molecular weight excluding hydrogens is 258 g/mol. The van der Waals surface area contributed by atoms with E-state index in [4.69, 9.17) is 9.47 Å². The minimum atomic E-state index is 0.156. The average Bonchev–Trinajstić information content (AvgIpc) is 2.95. The lowest BCUT2D eigenvalue weighted by Gasteiger charge is -2.22. The van der Waals surface area contributed by atoms with Gasteiger partial charge in [-0.15, -0.1) is 0 Å². The lowest BCUT2D eigenvalue weighted by atomic mass is 10.1. The van der Waals surface area contributed by atoms with Crippen molar-refractivity contribution in [2.75, 3.05) is 25.1 Å². The minimum Gasteiger partial charge on any atom is -0.474 e. The van der Waals surface area contributed by atoms with E-state index in [2.05, 4.69) is 25.5 Å². The fraction of sp³-hybridized carbons (Fsp3) is 0.615. The molecule has 1 saturated heterocycles. The molecule has 1 fully saturated rings. The zero-order chi connectivity index (χ0) is 13.8. The van der Waals surface area contributed by atoms with E-state index in [0.717, 1.165) is 31.4 Å². The lowest BCUT2D eigenvalue weighted by Crippen LogP contribution is -2.26. The van der Waals surface area contributed by atoms with E-state index < -0.39 is 0 Å². The van der Waals surface area contributed by atoms with Crippen molar-refractivity contribution in [2.45, 2.75) is 32.3 Å². The first-order valence-electron chi connectivity index (χ1n) is 7.06. The topological polar surface area (TPSA) is 85.0 Å². The molecule has 0 aromatic carbocycles. The predicted octanol–water partition coefficient (Wildman–Crippen LogP) is 1.73. The van der Waals surface area contributed by atoms with Crippen LogP contribution in [0.4, 0.5) is 5.95 Å². The molecule has 1 aliphatic rings. The van der Waals surface area contributed by atoms with Crippen molar-refractivity contribution in [3.8, 4) is 5.88 Å². The molecule has 1 aliphatic heterocycles. The maximum absolute atomic E-state index is 5.83. The molecule has 108 valence electrons. The van der Waals surface area contributed by atoms with Gasteiger partial charge >= 0.3 is 0 Å². The Bertz CT molecular complexity index is 565. The Balaban J connectivity index is 1.76. The Morgan fingerprint density at radius 2 is 2.40 bits per heavy atom. The van der Waals surface area contributed by atoms with Gasteiger partial charge in [-0.1, -0.05) is 0 Å². The number of fused-ring (bicyclic) bond motifs is 1. The van der Waals surface area contributed by atoms with Gasteiger partial charge in [-0.25, -0.2) is 0 Å². The number of aromatic nitrogens is 4. The van der Waals surface area contributed by atoms with Gasteiger partial charge in [0.1, 0.15) is 12.0 Å². The molecule has 0 radical (unpaired) electrons. The zero-order valence-corrected chi connectivity index (χ0v) is 11.6. The smallest absolute Gasteiger partial charge is 0.229 e. The summed E-state index contributed by atoms with van der Waals surface area (Å²) in [6, 6.07) is 0. The van der Waals surface area contributed by atoms with Crippen LogP contribution in [-0.4, -0.2) is 46.0 Å². The third kappa shape index (κ3) is 2.82. The number of anilines is 1. The van der Waals surface area contributed by atoms with Gasteiger partial charge in [0.05, 0.1) is 12.3 Å². The summed E-state index contributed by atoms with van der Waals surface area (Å²) in [5, 5.41) is 10.7. The molecule has 1 atom stereocenters. The van der Waals surface area contributed by atoms with Crippen LogP contribution >= 0.6 is 0 Å². The normalized spacial score (nSPS) is 19.1. The number of nitrogens with one attached hydrogen (secondary N) is 2. The van der Waals surface area contributed by atoms with E-state index >= 15 is 0 Å². The van der Waals surface area contributed by atoms with E-state index in [1.807, 2.05) is 6.92 Å². The third-order valence-electron chi connectivity index (χ3n) is 3.29. The number of hydrogen-bond acceptors (Lipinski definition) is 6. The molecule has 0 amide bonds. The summed E-state index contributed by atoms with van der Waals surface area (Å²) in [6.07, 6.45) is 5.22. The van der Waals surface area contributed by atoms with Gasteiger partial charge in [-0.05, 0) is 26.2 Å². The van der Waals surface area contributed by atoms with Gasteiger partial charge in [0.25, 0.3) is 0 Å². The summed E-state index contributed by atoms with van der Waals surface area (Å²) in [5.41, 5.74) is 0.676. The number of hydrogen-bond donors (Lipinski definition) is 2. The second kappa shape index (κ2) is 6.04. The molecule has 0 bridgehead atoms. The van der Waals surface area contributed by atoms with Gasteiger partial charge in [-0.3, -0.25) is 5.10 Å². The van der Waals surface area contributed by atoms with E-state index in [1.165, 1.54) is 6.42 Å². The van der Waals surface area contributed by atoms with Crippen LogP contribution < -0.4 is 10.1 Å². The van der Waals surface area contributed by atoms with Crippen molar-refractivity contribution in [1.29, 1.82) is 0 Å². The number of nitrogens with zero attached hydrogens (tertiary/aromatic N) is 3. The van der Waals surface area contributed by atoms with E-state index in [0.29, 0.717) is 24.1 Å². The van der Waals surface area contributed by atoms with Gasteiger partial charge < -0.3 is 14.8 Å². The van der Waals surface area contributed by atoms with Crippen molar-refractivity contribution in [3.05, 3.63) is 6.20 Å². The maximum Gasteiger partial charge on any atom is 0.229 e. The molecule has 0 saturated carbocycles. The number of ether oxygens (including phenoxy) is 2. The molecule has 3 rings (SSSR count). The van der Waals surface area contributed by atoms with Crippen molar-refractivity contribution in [2.24, 2.45) is 0 Å². The van der Waals surface area contributed by atoms with E-state index in [9.17, 15) is 0 Å². The van der Waals surface area contributed by atoms with Crippen molar-refractivity contribution >= 4 is 17.0 Å². The highest BCUT2D eigenvalue weighted by molar-refractivity contribution is 5.80. The Labute approximate surface area is 117 Å². The summed E-state index contributed by atoms with van der Waals surface area (Å²) in [5.74, 6) is 1.10. The Morgan fingerprint density at radius 3 is 3.20 bits per heavy atom. The summed E-state index contributed by atoms with van der Waals surface area (Å²) < 4.78 is 11.5. The third-order valence-corrected chi connectivity index (χ3v) is 3.29. The van der Waals surface area contributed by atoms with Gasteiger partial charge in [0, 0.05) is 13.2 Å². The van der Waals surface area contributed by atoms with Gasteiger partial charge in [-0.2, -0.15) is 15.1 Å². The molecule has 7 heteroatoms. The maximum atomic E-state index is 5.83. The highest BCUT2D eigenvalue weighted by atomic mass is 16.5. The number of aromatic amines is 1. The summed E-state index contributed by atoms with van der Waals surface area (Å²) in [4.78, 5) is 8.72. The Morgan fingerprint density at radius 1 is 1.45 bits per heavy atom. The standard InChI is InChI=1S/C13H19N5O2/c1-2-14-13-16-11-10(7-15-18-11)12(17-13)20-8-9-5-3-4-6-19-9/h7,9H,2-6,8H2,1H3,(H2,14,15,16,17,18). The average molecular weight is 277 g/mol. The SMILES string of the molecule is CCNc1nc(OCC2CCCCO2)c2cn[nH]c2n1. The molecule has 20 heavy (non-hydrogen) atoms. The summed E-state index contributed by atoms with van der Waals surface area (Å²) >= 11 is 0. The van der Waals surface area contributed by atoms with E-state index in [-0.39, 0.29) is 6.10 Å². The molecule has 0 spiro atoms. The van der Waals surface area contributed by atoms with Crippen LogP contribution in [0, 0.1) is 0 Å². The largest absolute Gasteiger partial charge is 0.474 e. The molecule has 0 aliphatic carbocycles. The monoisotopic (exact) mass is 277 g/mol. The summed E-state index contributed by atoms with van der Waals surface area (Å²) in [6.45, 7) is 4.09. The molecule has 1 unspecified atom stereocenters. The van der Waals surface area contributed by atoms with Crippen molar-refractivity contribution in [1.82, 2.24) is 20.2 Å². The first kappa shape index (κ1) is 13.1. The lowest BCUT2D eigenvalue weighted by molar-refractivity contribution is -0.0116. The Kier molecular flexibility index (Phi) is 3.96. The first-order valence-corrected chi connectivity index (χ1v) is 7.06. The molecule has 2 aromatic heterocycles. The van der Waals surface area contributed by atoms with Crippen LogP contribution in [-0.2, 0) is 4.74 Å². The molecular formula is C13H19N5O2. The second-order valence-electron chi connectivity index (χ2n) is 4.81. The van der Waals surface area contributed by atoms with Crippen LogP contribution in [0.3, 0.4) is 0 Å². The second-order valence-corrected chi connectivity index (χ2v) is 4.81. The van der Waals surface area contributed by atoms with Crippen molar-refractivity contribution < 1.29 is 9.47 Å². The molecule has 3 heterocycles. The molecule has 2 aromatic rings. The van der Waals surface area contributed by atoms with Crippen LogP contribution in [0.25, 0.3) is 11.0 Å². The zero-order valence-electron chi connectivity index (χ0n) is 11.6. The molecule has 2 N–H and O–H groups in total. The number of rotatable bonds is 5. The minimum absolute atomic E-state index is 0.156. The van der Waals surface area contributed by atoms with Gasteiger partial charge in [0.2, 0.25) is 11.8 Å². The molecule has 7 nitrogen and oxygen atoms in total. The van der Waals surface area contributed by atoms with Crippen LogP contribution in [0.2, 0.25) is 0 Å². The van der Waals surface area contributed by atoms with E-state index in [1.54, 1.807) is 6.20 Å². The van der Waals surface area contributed by atoms with Gasteiger partial charge in [0.15, 0.2) is 5.65 Å². The quantitative estimate of drug-likeness (QED) is 0.865. The van der Waals surface area contributed by atoms with Crippen LogP contribution in [0.5, 0.6) is 5.88 Å². The highest BCUT2D eigenvalue weighted by Gasteiger charge is 2.17. The fourth-order valence-electron chi connectivity index (χ4n) is 2.27.